The third kappa shape index (κ3) is 1.74. The van der Waals surface area contributed by atoms with Crippen molar-refractivity contribution in [2.75, 3.05) is 19.8 Å². The maximum Gasteiger partial charge on any atom is 0.137 e. The van der Waals surface area contributed by atoms with E-state index in [9.17, 15) is 0 Å². The second kappa shape index (κ2) is 4.50. The topological polar surface area (TPSA) is 44.5 Å². The van der Waals surface area contributed by atoms with Crippen molar-refractivity contribution < 1.29 is 9.47 Å². The van der Waals surface area contributed by atoms with Gasteiger partial charge in [0.15, 0.2) is 0 Å². The van der Waals surface area contributed by atoms with Gasteiger partial charge in [0.1, 0.15) is 11.5 Å². The molecule has 0 saturated carbocycles. The summed E-state index contributed by atoms with van der Waals surface area (Å²) in [4.78, 5) is 0. The molecule has 0 amide bonds. The van der Waals surface area contributed by atoms with Crippen LogP contribution in [0.5, 0.6) is 11.5 Å². The first-order valence-corrected chi connectivity index (χ1v) is 6.94. The zero-order chi connectivity index (χ0) is 11.8. The van der Waals surface area contributed by atoms with Gasteiger partial charge in [0.05, 0.1) is 17.7 Å². The van der Waals surface area contributed by atoms with E-state index in [0.717, 1.165) is 54.9 Å². The van der Waals surface area contributed by atoms with Crippen LogP contribution in [0.25, 0.3) is 0 Å². The molecule has 0 bridgehead atoms. The molecule has 2 aliphatic rings. The van der Waals surface area contributed by atoms with Gasteiger partial charge in [-0.05, 0) is 41.7 Å². The van der Waals surface area contributed by atoms with Gasteiger partial charge in [-0.3, -0.25) is 0 Å². The number of ether oxygens (including phenoxy) is 2. The van der Waals surface area contributed by atoms with E-state index in [0.29, 0.717) is 6.54 Å². The lowest BCUT2D eigenvalue weighted by molar-refractivity contribution is 0.284. The Balaban J connectivity index is 2.21. The minimum Gasteiger partial charge on any atom is -0.493 e. The van der Waals surface area contributed by atoms with Crippen molar-refractivity contribution in [1.29, 1.82) is 0 Å². The van der Waals surface area contributed by atoms with Crippen LogP contribution in [0.15, 0.2) is 4.47 Å². The van der Waals surface area contributed by atoms with Crippen LogP contribution in [-0.2, 0) is 19.3 Å². The fraction of sp³-hybridized carbons (Fsp3) is 0.538. The molecule has 2 aliphatic heterocycles. The van der Waals surface area contributed by atoms with E-state index in [2.05, 4.69) is 15.9 Å². The lowest BCUT2D eigenvalue weighted by atomic mass is 9.94. The molecule has 17 heavy (non-hydrogen) atoms. The van der Waals surface area contributed by atoms with E-state index in [1.807, 2.05) is 0 Å². The van der Waals surface area contributed by atoms with Crippen LogP contribution in [0.3, 0.4) is 0 Å². The molecule has 0 aromatic heterocycles. The molecule has 3 rings (SSSR count). The lowest BCUT2D eigenvalue weighted by Gasteiger charge is -2.24. The van der Waals surface area contributed by atoms with Crippen LogP contribution >= 0.6 is 15.9 Å². The quantitative estimate of drug-likeness (QED) is 0.910. The summed E-state index contributed by atoms with van der Waals surface area (Å²) in [6.45, 7) is 2.24. The van der Waals surface area contributed by atoms with Crippen molar-refractivity contribution in [2.45, 2.75) is 25.7 Å². The van der Waals surface area contributed by atoms with E-state index in [1.165, 1.54) is 16.7 Å². The van der Waals surface area contributed by atoms with Crippen molar-refractivity contribution in [3.8, 4) is 11.5 Å². The Morgan fingerprint density at radius 2 is 1.88 bits per heavy atom. The van der Waals surface area contributed by atoms with Crippen LogP contribution in [0.2, 0.25) is 0 Å². The first-order chi connectivity index (χ1) is 8.33. The third-order valence-corrected chi connectivity index (χ3v) is 4.30. The zero-order valence-corrected chi connectivity index (χ0v) is 11.3. The van der Waals surface area contributed by atoms with Gasteiger partial charge < -0.3 is 15.2 Å². The van der Waals surface area contributed by atoms with E-state index in [4.69, 9.17) is 15.2 Å². The largest absolute Gasteiger partial charge is 0.493 e. The predicted molar refractivity (Wildman–Crippen MR) is 69.9 cm³/mol. The predicted octanol–water partition coefficient (Wildman–Crippen LogP) is 2.21. The van der Waals surface area contributed by atoms with Gasteiger partial charge >= 0.3 is 0 Å². The molecule has 0 fully saturated rings. The molecule has 3 nitrogen and oxygen atoms in total. The summed E-state index contributed by atoms with van der Waals surface area (Å²) in [5.41, 5.74) is 9.55. The molecule has 2 N–H and O–H groups in total. The number of hydrogen-bond acceptors (Lipinski definition) is 3. The van der Waals surface area contributed by atoms with Gasteiger partial charge in [0.25, 0.3) is 0 Å². The summed E-state index contributed by atoms with van der Waals surface area (Å²) >= 11 is 3.67. The number of nitrogens with two attached hydrogens (primary N) is 1. The summed E-state index contributed by atoms with van der Waals surface area (Å²) in [6.07, 6.45) is 3.99. The number of fused-ring (bicyclic) bond motifs is 2. The molecule has 4 heteroatoms. The fourth-order valence-electron chi connectivity index (χ4n) is 2.72. The van der Waals surface area contributed by atoms with E-state index >= 15 is 0 Å². The number of halogens is 1. The van der Waals surface area contributed by atoms with Crippen molar-refractivity contribution >= 4 is 15.9 Å². The average molecular weight is 298 g/mol. The Hall–Kier alpha value is -0.740. The molecule has 0 unspecified atom stereocenters. The van der Waals surface area contributed by atoms with Crippen molar-refractivity contribution in [3.05, 3.63) is 21.2 Å². The normalized spacial score (nSPS) is 17.1. The molecule has 92 valence electrons. The standard InChI is InChI=1S/C13H16BrNO2/c14-11-10-4-7-17-12(10)9(3-5-15)8-2-1-6-16-13(8)11/h1-7,15H2. The van der Waals surface area contributed by atoms with Gasteiger partial charge in [-0.1, -0.05) is 0 Å². The van der Waals surface area contributed by atoms with Crippen LogP contribution in [0.1, 0.15) is 23.1 Å². The maximum absolute atomic E-state index is 5.82. The molecule has 0 saturated heterocycles. The van der Waals surface area contributed by atoms with Crippen LogP contribution < -0.4 is 15.2 Å². The number of rotatable bonds is 2. The first-order valence-electron chi connectivity index (χ1n) is 6.14. The average Bonchev–Trinajstić information content (AvgIpc) is 2.84. The third-order valence-electron chi connectivity index (χ3n) is 3.46. The van der Waals surface area contributed by atoms with Crippen LogP contribution in [-0.4, -0.2) is 19.8 Å². The zero-order valence-electron chi connectivity index (χ0n) is 9.72. The Labute approximate surface area is 109 Å². The second-order valence-corrected chi connectivity index (χ2v) is 5.29. The lowest BCUT2D eigenvalue weighted by Crippen LogP contribution is -2.14. The maximum atomic E-state index is 5.82. The first kappa shape index (κ1) is 11.4. The minimum atomic E-state index is 0.657. The van der Waals surface area contributed by atoms with Crippen molar-refractivity contribution in [1.82, 2.24) is 0 Å². The minimum absolute atomic E-state index is 0.657. The molecule has 1 aromatic carbocycles. The van der Waals surface area contributed by atoms with E-state index in [-0.39, 0.29) is 0 Å². The van der Waals surface area contributed by atoms with Crippen molar-refractivity contribution in [2.24, 2.45) is 5.73 Å². The number of benzene rings is 1. The summed E-state index contributed by atoms with van der Waals surface area (Å²) in [5, 5.41) is 0. The highest BCUT2D eigenvalue weighted by Gasteiger charge is 2.28. The van der Waals surface area contributed by atoms with E-state index in [1.54, 1.807) is 0 Å². The van der Waals surface area contributed by atoms with Gasteiger partial charge in [-0.15, -0.1) is 0 Å². The molecule has 0 aliphatic carbocycles. The highest BCUT2D eigenvalue weighted by Crippen LogP contribution is 2.46. The highest BCUT2D eigenvalue weighted by molar-refractivity contribution is 9.10. The van der Waals surface area contributed by atoms with E-state index < -0.39 is 0 Å². The molecule has 2 heterocycles. The Morgan fingerprint density at radius 3 is 2.71 bits per heavy atom. The highest BCUT2D eigenvalue weighted by atomic mass is 79.9. The molecule has 0 radical (unpaired) electrons. The van der Waals surface area contributed by atoms with Gasteiger partial charge in [0.2, 0.25) is 0 Å². The Morgan fingerprint density at radius 1 is 1.06 bits per heavy atom. The van der Waals surface area contributed by atoms with Gasteiger partial charge in [-0.2, -0.15) is 0 Å². The molecule has 0 spiro atoms. The summed E-state index contributed by atoms with van der Waals surface area (Å²) in [5.74, 6) is 2.09. The molecular formula is C13H16BrNO2. The van der Waals surface area contributed by atoms with Gasteiger partial charge in [-0.25, -0.2) is 0 Å². The summed E-state index contributed by atoms with van der Waals surface area (Å²) in [6, 6.07) is 0. The second-order valence-electron chi connectivity index (χ2n) is 4.50. The van der Waals surface area contributed by atoms with Crippen LogP contribution in [0.4, 0.5) is 0 Å². The molecular weight excluding hydrogens is 282 g/mol. The SMILES string of the molecule is NCCc1c2c(c(Br)c3c1OCC3)OCCC2. The monoisotopic (exact) mass is 297 g/mol. The molecule has 1 aromatic rings. The van der Waals surface area contributed by atoms with Crippen molar-refractivity contribution in [3.63, 3.8) is 0 Å². The Kier molecular flexibility index (Phi) is 3.01. The molecule has 0 atom stereocenters. The van der Waals surface area contributed by atoms with Gasteiger partial charge in [0, 0.05) is 23.1 Å². The summed E-state index contributed by atoms with van der Waals surface area (Å²) in [7, 11) is 0. The van der Waals surface area contributed by atoms with Crippen LogP contribution in [0, 0.1) is 0 Å². The number of hydrogen-bond donors (Lipinski definition) is 1. The fourth-order valence-corrected chi connectivity index (χ4v) is 3.46. The summed E-state index contributed by atoms with van der Waals surface area (Å²) < 4.78 is 12.7. The smallest absolute Gasteiger partial charge is 0.137 e. The Bertz CT molecular complexity index is 459.